The number of nitrogens with zero attached hydrogens (tertiary/aromatic N) is 1. The van der Waals surface area contributed by atoms with Crippen LogP contribution in [0.2, 0.25) is 0 Å². The Morgan fingerprint density at radius 3 is 2.40 bits per heavy atom. The van der Waals surface area contributed by atoms with Crippen LogP contribution in [0.25, 0.3) is 0 Å². The fourth-order valence-electron chi connectivity index (χ4n) is 1.73. The number of rotatable bonds is 8. The lowest BCUT2D eigenvalue weighted by atomic mass is 10.0. The molecule has 0 saturated carbocycles. The van der Waals surface area contributed by atoms with Gasteiger partial charge in [-0.1, -0.05) is 27.4 Å². The molecule has 0 heterocycles. The molecule has 0 aliphatic rings. The summed E-state index contributed by atoms with van der Waals surface area (Å²) in [7, 11) is 2.18. The summed E-state index contributed by atoms with van der Waals surface area (Å²) in [5.74, 6) is 0.768. The summed E-state index contributed by atoms with van der Waals surface area (Å²) in [5, 5.41) is 3.31. The summed E-state index contributed by atoms with van der Waals surface area (Å²) in [6.07, 6.45) is 1.25. The number of hydrogen-bond donors (Lipinski definition) is 1. The zero-order valence-corrected chi connectivity index (χ0v) is 11.1. The lowest BCUT2D eigenvalue weighted by molar-refractivity contribution is 0.244. The third kappa shape index (κ3) is 7.57. The molecule has 0 amide bonds. The van der Waals surface area contributed by atoms with Crippen LogP contribution in [-0.2, 0) is 0 Å². The predicted molar refractivity (Wildman–Crippen MR) is 69.2 cm³/mol. The first-order chi connectivity index (χ1) is 6.97. The molecule has 0 bridgehead atoms. The summed E-state index contributed by atoms with van der Waals surface area (Å²) < 4.78 is 0. The lowest BCUT2D eigenvalue weighted by Crippen LogP contribution is -2.33. The Balaban J connectivity index is 3.79. The monoisotopic (exact) mass is 212 g/mol. The van der Waals surface area contributed by atoms with E-state index >= 15 is 0 Å². The van der Waals surface area contributed by atoms with Crippen molar-refractivity contribution >= 4 is 0 Å². The highest BCUT2D eigenvalue weighted by Crippen LogP contribution is 2.10. The van der Waals surface area contributed by atoms with E-state index in [1.807, 2.05) is 0 Å². The SMILES string of the molecule is C=C(CNCC)CN(C)C(C)CC(C)C. The molecule has 0 saturated heterocycles. The van der Waals surface area contributed by atoms with Gasteiger partial charge in [-0.2, -0.15) is 0 Å². The van der Waals surface area contributed by atoms with E-state index in [0.717, 1.165) is 25.6 Å². The van der Waals surface area contributed by atoms with Gasteiger partial charge in [0.25, 0.3) is 0 Å². The average molecular weight is 212 g/mol. The van der Waals surface area contributed by atoms with Gasteiger partial charge in [-0.05, 0) is 38.4 Å². The fraction of sp³-hybridized carbons (Fsp3) is 0.846. The molecule has 15 heavy (non-hydrogen) atoms. The number of nitrogens with one attached hydrogen (secondary N) is 1. The van der Waals surface area contributed by atoms with Crippen molar-refractivity contribution in [1.29, 1.82) is 0 Å². The van der Waals surface area contributed by atoms with Gasteiger partial charge in [0.05, 0.1) is 0 Å². The molecule has 1 unspecified atom stereocenters. The van der Waals surface area contributed by atoms with Gasteiger partial charge in [0, 0.05) is 19.1 Å². The van der Waals surface area contributed by atoms with Crippen LogP contribution in [0.1, 0.15) is 34.1 Å². The van der Waals surface area contributed by atoms with Crippen LogP contribution < -0.4 is 5.32 Å². The Kier molecular flexibility index (Phi) is 7.71. The summed E-state index contributed by atoms with van der Waals surface area (Å²) in [4.78, 5) is 2.39. The van der Waals surface area contributed by atoms with Gasteiger partial charge in [-0.25, -0.2) is 0 Å². The van der Waals surface area contributed by atoms with E-state index in [4.69, 9.17) is 0 Å². The quantitative estimate of drug-likeness (QED) is 0.622. The smallest absolute Gasteiger partial charge is 0.0202 e. The van der Waals surface area contributed by atoms with Crippen LogP contribution in [0, 0.1) is 5.92 Å². The van der Waals surface area contributed by atoms with E-state index in [2.05, 4.69) is 51.5 Å². The molecule has 90 valence electrons. The molecular weight excluding hydrogens is 184 g/mol. The van der Waals surface area contributed by atoms with E-state index in [0.29, 0.717) is 6.04 Å². The topological polar surface area (TPSA) is 15.3 Å². The van der Waals surface area contributed by atoms with Crippen molar-refractivity contribution in [2.24, 2.45) is 5.92 Å². The fourth-order valence-corrected chi connectivity index (χ4v) is 1.73. The number of hydrogen-bond acceptors (Lipinski definition) is 2. The highest BCUT2D eigenvalue weighted by molar-refractivity contribution is 4.99. The molecule has 0 spiro atoms. The Hall–Kier alpha value is -0.340. The second kappa shape index (κ2) is 7.89. The molecule has 0 aromatic rings. The van der Waals surface area contributed by atoms with Crippen LogP contribution in [0.15, 0.2) is 12.2 Å². The van der Waals surface area contributed by atoms with E-state index in [1.54, 1.807) is 0 Å². The molecule has 0 fully saturated rings. The maximum absolute atomic E-state index is 4.09. The average Bonchev–Trinajstić information content (AvgIpc) is 2.13. The minimum absolute atomic E-state index is 0.642. The lowest BCUT2D eigenvalue weighted by Gasteiger charge is -2.27. The van der Waals surface area contributed by atoms with Crippen LogP contribution in [0.5, 0.6) is 0 Å². The molecule has 0 aliphatic carbocycles. The van der Waals surface area contributed by atoms with Gasteiger partial charge in [-0.15, -0.1) is 0 Å². The molecule has 0 rings (SSSR count). The van der Waals surface area contributed by atoms with Crippen molar-refractivity contribution in [3.8, 4) is 0 Å². The number of likely N-dealkylation sites (N-methyl/N-ethyl adjacent to an activating group) is 2. The van der Waals surface area contributed by atoms with Crippen molar-refractivity contribution in [2.75, 3.05) is 26.7 Å². The Morgan fingerprint density at radius 2 is 1.93 bits per heavy atom. The molecule has 0 aromatic heterocycles. The van der Waals surface area contributed by atoms with E-state index in [-0.39, 0.29) is 0 Å². The van der Waals surface area contributed by atoms with Gasteiger partial charge >= 0.3 is 0 Å². The minimum atomic E-state index is 0.642. The minimum Gasteiger partial charge on any atom is -0.313 e. The maximum atomic E-state index is 4.09. The molecular formula is C13H28N2. The molecule has 0 aromatic carbocycles. The van der Waals surface area contributed by atoms with Crippen molar-refractivity contribution in [1.82, 2.24) is 10.2 Å². The molecule has 0 aliphatic heterocycles. The Morgan fingerprint density at radius 1 is 1.33 bits per heavy atom. The maximum Gasteiger partial charge on any atom is 0.0202 e. The first-order valence-corrected chi connectivity index (χ1v) is 6.05. The van der Waals surface area contributed by atoms with Crippen LogP contribution in [-0.4, -0.2) is 37.6 Å². The van der Waals surface area contributed by atoms with E-state index in [9.17, 15) is 0 Å². The Labute approximate surface area is 95.7 Å². The highest BCUT2D eigenvalue weighted by Gasteiger charge is 2.11. The second-order valence-corrected chi connectivity index (χ2v) is 4.92. The normalized spacial score (nSPS) is 13.5. The van der Waals surface area contributed by atoms with Gasteiger partial charge in [0.1, 0.15) is 0 Å². The standard InChI is InChI=1S/C13H28N2/c1-7-14-9-12(4)10-15(6)13(5)8-11(2)3/h11,13-14H,4,7-10H2,1-3,5-6H3. The van der Waals surface area contributed by atoms with Gasteiger partial charge < -0.3 is 5.32 Å². The van der Waals surface area contributed by atoms with E-state index < -0.39 is 0 Å². The largest absolute Gasteiger partial charge is 0.313 e. The van der Waals surface area contributed by atoms with Crippen molar-refractivity contribution in [2.45, 2.75) is 40.2 Å². The molecule has 1 atom stereocenters. The molecule has 2 nitrogen and oxygen atoms in total. The zero-order valence-electron chi connectivity index (χ0n) is 11.1. The summed E-state index contributed by atoms with van der Waals surface area (Å²) in [6, 6.07) is 0.642. The molecule has 2 heteroatoms. The van der Waals surface area contributed by atoms with Gasteiger partial charge in [-0.3, -0.25) is 4.90 Å². The molecule has 1 N–H and O–H groups in total. The van der Waals surface area contributed by atoms with Gasteiger partial charge in [0.15, 0.2) is 0 Å². The summed E-state index contributed by atoms with van der Waals surface area (Å²) in [5.41, 5.74) is 1.27. The second-order valence-electron chi connectivity index (χ2n) is 4.92. The summed E-state index contributed by atoms with van der Waals surface area (Å²) >= 11 is 0. The molecule has 0 radical (unpaired) electrons. The van der Waals surface area contributed by atoms with Crippen molar-refractivity contribution < 1.29 is 0 Å². The van der Waals surface area contributed by atoms with Crippen LogP contribution in [0.4, 0.5) is 0 Å². The zero-order chi connectivity index (χ0) is 11.8. The first-order valence-electron chi connectivity index (χ1n) is 6.05. The third-order valence-electron chi connectivity index (χ3n) is 2.66. The highest BCUT2D eigenvalue weighted by atomic mass is 15.1. The van der Waals surface area contributed by atoms with Crippen molar-refractivity contribution in [3.63, 3.8) is 0 Å². The van der Waals surface area contributed by atoms with Crippen LogP contribution in [0.3, 0.4) is 0 Å². The Bertz CT molecular complexity index is 175. The van der Waals surface area contributed by atoms with Crippen molar-refractivity contribution in [3.05, 3.63) is 12.2 Å². The third-order valence-corrected chi connectivity index (χ3v) is 2.66. The summed E-state index contributed by atoms with van der Waals surface area (Å²) in [6.45, 7) is 16.0. The first kappa shape index (κ1) is 14.7. The van der Waals surface area contributed by atoms with Crippen LogP contribution >= 0.6 is 0 Å². The van der Waals surface area contributed by atoms with E-state index in [1.165, 1.54) is 12.0 Å². The van der Waals surface area contributed by atoms with Gasteiger partial charge in [0.2, 0.25) is 0 Å². The predicted octanol–water partition coefficient (Wildman–Crippen LogP) is 2.52.